The second-order valence-corrected chi connectivity index (χ2v) is 13.6. The van der Waals surface area contributed by atoms with Crippen molar-refractivity contribution in [3.8, 4) is 11.5 Å². The number of ketones is 1. The number of fused-ring (bicyclic) bond motifs is 3. The van der Waals surface area contributed by atoms with Crippen molar-refractivity contribution in [2.24, 2.45) is 17.8 Å². The number of ether oxygens (including phenoxy) is 2. The van der Waals surface area contributed by atoms with Crippen molar-refractivity contribution >= 4 is 17.7 Å². The van der Waals surface area contributed by atoms with Crippen LogP contribution in [0.15, 0.2) is 84.0 Å². The lowest BCUT2D eigenvalue weighted by Crippen LogP contribution is -2.68. The van der Waals surface area contributed by atoms with E-state index in [4.69, 9.17) is 9.47 Å². The summed E-state index contributed by atoms with van der Waals surface area (Å²) in [5.41, 5.74) is -7.32. The van der Waals surface area contributed by atoms with Gasteiger partial charge in [-0.3, -0.25) is 9.59 Å². The van der Waals surface area contributed by atoms with Gasteiger partial charge in [0.1, 0.15) is 28.8 Å². The molecule has 3 aliphatic carbocycles. The van der Waals surface area contributed by atoms with Crippen molar-refractivity contribution in [2.75, 3.05) is 7.11 Å². The van der Waals surface area contributed by atoms with Crippen LogP contribution in [0.2, 0.25) is 0 Å². The molecular formula is C37H41O10-. The van der Waals surface area contributed by atoms with Gasteiger partial charge in [-0.05, 0) is 67.5 Å². The topological polar surface area (TPSA) is 174 Å². The zero-order chi connectivity index (χ0) is 34.7. The van der Waals surface area contributed by atoms with Gasteiger partial charge in [-0.15, -0.1) is 0 Å². The normalized spacial score (nSPS) is 32.9. The number of carboxylic acid groups (broad SMARTS) is 1. The van der Waals surface area contributed by atoms with E-state index in [1.165, 1.54) is 51.3 Å². The third-order valence-electron chi connectivity index (χ3n) is 10.7. The van der Waals surface area contributed by atoms with Crippen molar-refractivity contribution in [1.29, 1.82) is 0 Å². The molecular weight excluding hydrogens is 604 g/mol. The van der Waals surface area contributed by atoms with Gasteiger partial charge in [0.25, 0.3) is 0 Å². The molecule has 0 amide bonds. The van der Waals surface area contributed by atoms with Gasteiger partial charge in [0.05, 0.1) is 30.5 Å². The van der Waals surface area contributed by atoms with Crippen LogP contribution in [0.3, 0.4) is 0 Å². The molecule has 0 spiro atoms. The van der Waals surface area contributed by atoms with Crippen LogP contribution in [-0.2, 0) is 31.0 Å². The van der Waals surface area contributed by atoms with Gasteiger partial charge in [0.2, 0.25) is 0 Å². The molecule has 8 atom stereocenters. The molecule has 10 heteroatoms. The second-order valence-electron chi connectivity index (χ2n) is 13.6. The first-order valence-corrected chi connectivity index (χ1v) is 15.5. The maximum Gasteiger partial charge on any atom is 0.310 e. The number of hydrogen-bond acceptors (Lipinski definition) is 10. The Morgan fingerprint density at radius 2 is 1.77 bits per heavy atom. The number of aliphatic carboxylic acids is 1. The quantitative estimate of drug-likeness (QED) is 0.247. The number of aromatic hydroxyl groups is 1. The molecule has 5 rings (SSSR count). The molecule has 1 fully saturated rings. The number of rotatable bonds is 8. The number of Topliss-reactive ketones (excluding diaryl/α,β-unsaturated/α-hetero) is 1. The van der Waals surface area contributed by atoms with Gasteiger partial charge in [0, 0.05) is 24.3 Å². The zero-order valence-electron chi connectivity index (χ0n) is 27.1. The highest BCUT2D eigenvalue weighted by Gasteiger charge is 2.69. The zero-order valence-corrected chi connectivity index (χ0v) is 27.1. The van der Waals surface area contributed by atoms with Crippen LogP contribution in [0.1, 0.15) is 51.7 Å². The Hall–Kier alpha value is -4.25. The van der Waals surface area contributed by atoms with E-state index >= 15 is 0 Å². The Kier molecular flexibility index (Phi) is 8.54. The van der Waals surface area contributed by atoms with Gasteiger partial charge < -0.3 is 39.8 Å². The van der Waals surface area contributed by atoms with E-state index < -0.39 is 70.2 Å². The Balaban J connectivity index is 1.78. The van der Waals surface area contributed by atoms with Crippen LogP contribution < -0.4 is 9.84 Å². The molecule has 0 bridgehead atoms. The Bertz CT molecular complexity index is 1690. The fourth-order valence-corrected chi connectivity index (χ4v) is 7.87. The maximum atomic E-state index is 13.7. The summed E-state index contributed by atoms with van der Waals surface area (Å²) < 4.78 is 11.3. The van der Waals surface area contributed by atoms with Crippen LogP contribution >= 0.6 is 0 Å². The molecule has 0 aliphatic heterocycles. The first kappa shape index (κ1) is 34.1. The minimum absolute atomic E-state index is 0.0120. The third kappa shape index (κ3) is 5.28. The highest BCUT2D eigenvalue weighted by molar-refractivity contribution is 6.05. The van der Waals surface area contributed by atoms with E-state index in [1.807, 2.05) is 0 Å². The fraction of sp³-hybridized carbons (Fsp3) is 0.432. The lowest BCUT2D eigenvalue weighted by atomic mass is 9.55. The lowest BCUT2D eigenvalue weighted by Gasteiger charge is -2.56. The lowest BCUT2D eigenvalue weighted by molar-refractivity contribution is -0.311. The average molecular weight is 646 g/mol. The molecule has 1 saturated carbocycles. The molecule has 250 valence electrons. The number of esters is 1. The van der Waals surface area contributed by atoms with Gasteiger partial charge in [0.15, 0.2) is 5.78 Å². The van der Waals surface area contributed by atoms with E-state index in [0.29, 0.717) is 5.56 Å². The number of phenolic OH excluding ortho intramolecular Hbond substituents is 1. The third-order valence-corrected chi connectivity index (χ3v) is 10.7. The minimum atomic E-state index is -2.30. The Labute approximate surface area is 273 Å². The molecule has 0 heterocycles. The molecule has 0 saturated heterocycles. The van der Waals surface area contributed by atoms with Crippen molar-refractivity contribution in [3.63, 3.8) is 0 Å². The smallest absolute Gasteiger partial charge is 0.310 e. The van der Waals surface area contributed by atoms with E-state index in [-0.39, 0.29) is 46.6 Å². The van der Waals surface area contributed by atoms with Crippen molar-refractivity contribution in [3.05, 3.63) is 95.1 Å². The predicted molar refractivity (Wildman–Crippen MR) is 169 cm³/mol. The van der Waals surface area contributed by atoms with E-state index in [0.717, 1.165) is 0 Å². The molecule has 0 radical (unpaired) electrons. The van der Waals surface area contributed by atoms with Crippen LogP contribution in [0, 0.1) is 17.8 Å². The van der Waals surface area contributed by atoms with Crippen LogP contribution in [0.25, 0.3) is 0 Å². The summed E-state index contributed by atoms with van der Waals surface area (Å²) >= 11 is 0. The van der Waals surface area contributed by atoms with Crippen LogP contribution in [0.5, 0.6) is 11.5 Å². The summed E-state index contributed by atoms with van der Waals surface area (Å²) in [7, 11) is 1.34. The van der Waals surface area contributed by atoms with E-state index in [9.17, 15) is 39.9 Å². The Morgan fingerprint density at radius 3 is 2.36 bits per heavy atom. The molecule has 47 heavy (non-hydrogen) atoms. The fourth-order valence-electron chi connectivity index (χ4n) is 7.87. The number of carbonyl (C=O) groups excluding carboxylic acids is 3. The molecule has 2 aromatic carbocycles. The van der Waals surface area contributed by atoms with Gasteiger partial charge in [-0.25, -0.2) is 0 Å². The number of phenols is 1. The average Bonchev–Trinajstić information content (AvgIpc) is 3.17. The predicted octanol–water partition coefficient (Wildman–Crippen LogP) is 2.46. The van der Waals surface area contributed by atoms with Gasteiger partial charge in [-0.1, -0.05) is 61.6 Å². The number of hydrogen-bond donors (Lipinski definition) is 4. The van der Waals surface area contributed by atoms with Crippen molar-refractivity contribution in [1.82, 2.24) is 0 Å². The standard InChI is InChI=1S/C37H42O10/c1-20(2)35(43)18-22(4)37(45)28(32(35)47-30(39)13-23-10-8-7-9-11-23)16-25(19-36(44)29(37)12-21(3)31(36)40)34(5,33(41)42)24-14-26(38)17-27(15-24)46-6/h7-12,14-17,22,28-29,32,38,43-45H,1,13,18-19H2,2-6H3,(H,41,42)/p-1/t22-,28+,29-,32-,34?,35-,36-,37-/m1/s1. The van der Waals surface area contributed by atoms with Crippen molar-refractivity contribution < 1.29 is 49.4 Å². The van der Waals surface area contributed by atoms with Gasteiger partial charge in [-0.2, -0.15) is 0 Å². The summed E-state index contributed by atoms with van der Waals surface area (Å²) in [5.74, 6) is -6.66. The summed E-state index contributed by atoms with van der Waals surface area (Å²) in [6.07, 6.45) is 0.508. The van der Waals surface area contributed by atoms with Crippen LogP contribution in [0.4, 0.5) is 0 Å². The largest absolute Gasteiger partial charge is 0.549 e. The van der Waals surface area contributed by atoms with E-state index in [2.05, 4.69) is 6.58 Å². The summed E-state index contributed by atoms with van der Waals surface area (Å²) in [6.45, 7) is 10.0. The van der Waals surface area contributed by atoms with Gasteiger partial charge >= 0.3 is 5.97 Å². The summed E-state index contributed by atoms with van der Waals surface area (Å²) in [6, 6.07) is 12.7. The molecule has 2 aromatic rings. The maximum absolute atomic E-state index is 13.7. The first-order valence-electron chi connectivity index (χ1n) is 15.5. The minimum Gasteiger partial charge on any atom is -0.549 e. The monoisotopic (exact) mass is 645 g/mol. The van der Waals surface area contributed by atoms with Crippen molar-refractivity contribution in [2.45, 2.75) is 75.3 Å². The molecule has 4 N–H and O–H groups in total. The summed E-state index contributed by atoms with van der Waals surface area (Å²) in [5, 5.41) is 61.1. The highest BCUT2D eigenvalue weighted by atomic mass is 16.6. The highest BCUT2D eigenvalue weighted by Crippen LogP contribution is 2.59. The number of carbonyl (C=O) groups is 3. The molecule has 0 aromatic heterocycles. The number of methoxy groups -OCH3 is 1. The SMILES string of the molecule is C=C(C)[C@]1(O)C[C@@H](C)[C@@]2(O)[C@@H](C=C(C(C)(C(=O)[O-])c3cc(O)cc(OC)c3)C[C@]3(O)C(=O)C(C)=C[C@@H]23)[C@H]1OC(=O)Cc1ccccc1. The molecule has 3 aliphatic rings. The molecule has 1 unspecified atom stereocenters. The number of carboxylic acids is 1. The number of benzene rings is 2. The Morgan fingerprint density at radius 1 is 1.11 bits per heavy atom. The van der Waals surface area contributed by atoms with E-state index in [1.54, 1.807) is 44.2 Å². The second kappa shape index (κ2) is 11.8. The number of aliphatic hydroxyl groups is 3. The first-order chi connectivity index (χ1) is 21.9. The summed E-state index contributed by atoms with van der Waals surface area (Å²) in [4.78, 5) is 40.5. The molecule has 10 nitrogen and oxygen atoms in total. The van der Waals surface area contributed by atoms with Crippen LogP contribution in [-0.4, -0.2) is 68.2 Å².